The minimum atomic E-state index is -0.502. The van der Waals surface area contributed by atoms with Gasteiger partial charge >= 0.3 is 0 Å². The Hall–Kier alpha value is -3.01. The molecule has 3 heterocycles. The Labute approximate surface area is 129 Å². The van der Waals surface area contributed by atoms with Gasteiger partial charge in [0.25, 0.3) is 5.56 Å². The van der Waals surface area contributed by atoms with Crippen molar-refractivity contribution in [2.45, 2.75) is 6.92 Å². The van der Waals surface area contributed by atoms with Gasteiger partial charge in [-0.3, -0.25) is 14.2 Å². The number of nitrogens with zero attached hydrogens (tertiary/aromatic N) is 2. The Balaban J connectivity index is 2.32. The van der Waals surface area contributed by atoms with Crippen LogP contribution in [0.4, 0.5) is 4.39 Å². The van der Waals surface area contributed by atoms with E-state index in [0.717, 1.165) is 27.4 Å². The molecule has 0 fully saturated rings. The highest BCUT2D eigenvalue weighted by Crippen LogP contribution is 2.34. The second kappa shape index (κ2) is 4.04. The second-order valence-electron chi connectivity index (χ2n) is 5.83. The van der Waals surface area contributed by atoms with Crippen molar-refractivity contribution in [3.63, 3.8) is 0 Å². The van der Waals surface area contributed by atoms with Crippen LogP contribution in [0.1, 0.15) is 5.56 Å². The lowest BCUT2D eigenvalue weighted by atomic mass is 10.0. The van der Waals surface area contributed by atoms with Crippen molar-refractivity contribution in [3.05, 3.63) is 70.4 Å². The Bertz CT molecular complexity index is 1300. The number of hydrogen-bond acceptors (Lipinski definition) is 2. The first-order valence-corrected chi connectivity index (χ1v) is 7.41. The number of benzene rings is 2. The summed E-state index contributed by atoms with van der Waals surface area (Å²) in [5, 5.41) is 2.66. The molecule has 0 amide bonds. The number of fused-ring (bicyclic) bond motifs is 5. The van der Waals surface area contributed by atoms with Crippen LogP contribution in [0.2, 0.25) is 0 Å². The molecule has 2 aromatic carbocycles. The van der Waals surface area contributed by atoms with Crippen molar-refractivity contribution < 1.29 is 4.39 Å². The predicted molar refractivity (Wildman–Crippen MR) is 89.9 cm³/mol. The van der Waals surface area contributed by atoms with Crippen molar-refractivity contribution in [2.24, 2.45) is 0 Å². The summed E-state index contributed by atoms with van der Waals surface area (Å²) in [5.41, 5.74) is 2.75. The normalized spacial score (nSPS) is 12.1. The van der Waals surface area contributed by atoms with E-state index in [1.807, 2.05) is 37.3 Å². The lowest BCUT2D eigenvalue weighted by Crippen LogP contribution is -2.15. The Morgan fingerprint density at radius 1 is 1.00 bits per heavy atom. The van der Waals surface area contributed by atoms with Gasteiger partial charge < -0.3 is 0 Å². The summed E-state index contributed by atoms with van der Waals surface area (Å²) < 4.78 is 16.0. The van der Waals surface area contributed by atoms with Crippen LogP contribution in [0.3, 0.4) is 0 Å². The highest BCUT2D eigenvalue weighted by atomic mass is 19.1. The SMILES string of the molecule is Cc1ccc(F)c2c(=O)n3c4ccccc4c4ccnc(c12)c43. The van der Waals surface area contributed by atoms with Gasteiger partial charge in [-0.05, 0) is 30.7 Å². The molecule has 0 atom stereocenters. The van der Waals surface area contributed by atoms with Gasteiger partial charge in [0.1, 0.15) is 5.82 Å². The zero-order valence-corrected chi connectivity index (χ0v) is 12.3. The minimum absolute atomic E-state index is 0.110. The average molecular weight is 302 g/mol. The van der Waals surface area contributed by atoms with Crippen molar-refractivity contribution in [1.82, 2.24) is 9.38 Å². The summed E-state index contributed by atoms with van der Waals surface area (Å²) in [7, 11) is 0. The standard InChI is InChI=1S/C19H11FN2O/c1-10-6-7-13(20)16-15(10)17-18-12(8-9-21-17)11-4-2-3-5-14(11)22(18)19(16)23/h2-9H,1H3. The molecule has 5 aromatic rings. The fourth-order valence-electron chi connectivity index (χ4n) is 3.62. The molecular formula is C19H11FN2O. The Morgan fingerprint density at radius 2 is 1.83 bits per heavy atom. The average Bonchev–Trinajstić information content (AvgIpc) is 2.91. The van der Waals surface area contributed by atoms with E-state index < -0.39 is 5.82 Å². The maximum Gasteiger partial charge on any atom is 0.266 e. The summed E-state index contributed by atoms with van der Waals surface area (Å²) in [6.07, 6.45) is 1.72. The largest absolute Gasteiger partial charge is 0.273 e. The lowest BCUT2D eigenvalue weighted by Gasteiger charge is -2.08. The van der Waals surface area contributed by atoms with Gasteiger partial charge in [-0.15, -0.1) is 0 Å². The molecule has 0 unspecified atom stereocenters. The van der Waals surface area contributed by atoms with Crippen LogP contribution in [0.25, 0.3) is 38.1 Å². The second-order valence-corrected chi connectivity index (χ2v) is 5.83. The third kappa shape index (κ3) is 1.38. The van der Waals surface area contributed by atoms with E-state index in [4.69, 9.17) is 0 Å². The maximum atomic E-state index is 14.4. The van der Waals surface area contributed by atoms with Crippen molar-refractivity contribution in [3.8, 4) is 0 Å². The van der Waals surface area contributed by atoms with E-state index in [-0.39, 0.29) is 10.9 Å². The summed E-state index contributed by atoms with van der Waals surface area (Å²) >= 11 is 0. The zero-order valence-electron chi connectivity index (χ0n) is 12.3. The summed E-state index contributed by atoms with van der Waals surface area (Å²) in [5.74, 6) is -0.502. The van der Waals surface area contributed by atoms with E-state index in [1.165, 1.54) is 6.07 Å². The highest BCUT2D eigenvalue weighted by Gasteiger charge is 2.20. The highest BCUT2D eigenvalue weighted by molar-refractivity contribution is 6.19. The molecule has 4 heteroatoms. The molecule has 0 bridgehead atoms. The first kappa shape index (κ1) is 12.5. The predicted octanol–water partition coefficient (Wildman–Crippen LogP) is 4.04. The van der Waals surface area contributed by atoms with Crippen LogP contribution in [0.15, 0.2) is 53.5 Å². The van der Waals surface area contributed by atoms with Gasteiger partial charge in [0.15, 0.2) is 0 Å². The molecule has 0 aliphatic heterocycles. The van der Waals surface area contributed by atoms with E-state index in [2.05, 4.69) is 4.98 Å². The van der Waals surface area contributed by atoms with Gasteiger partial charge in [0, 0.05) is 22.4 Å². The number of aromatic nitrogens is 2. The smallest absolute Gasteiger partial charge is 0.266 e. The summed E-state index contributed by atoms with van der Waals surface area (Å²) in [4.78, 5) is 17.5. The number of para-hydroxylation sites is 1. The third-order valence-corrected chi connectivity index (χ3v) is 4.60. The molecule has 5 rings (SSSR count). The lowest BCUT2D eigenvalue weighted by molar-refractivity contribution is 0.638. The fourth-order valence-corrected chi connectivity index (χ4v) is 3.62. The Kier molecular flexibility index (Phi) is 2.20. The van der Waals surface area contributed by atoms with Crippen molar-refractivity contribution >= 4 is 38.1 Å². The number of rotatable bonds is 0. The van der Waals surface area contributed by atoms with E-state index in [1.54, 1.807) is 16.7 Å². The minimum Gasteiger partial charge on any atom is -0.273 e. The van der Waals surface area contributed by atoms with Gasteiger partial charge in [0.05, 0.1) is 21.9 Å². The quantitative estimate of drug-likeness (QED) is 0.405. The molecule has 23 heavy (non-hydrogen) atoms. The summed E-state index contributed by atoms with van der Waals surface area (Å²) in [6, 6.07) is 12.6. The van der Waals surface area contributed by atoms with Crippen LogP contribution in [0.5, 0.6) is 0 Å². The van der Waals surface area contributed by atoms with Crippen molar-refractivity contribution in [2.75, 3.05) is 0 Å². The molecule has 0 saturated heterocycles. The van der Waals surface area contributed by atoms with E-state index >= 15 is 0 Å². The fraction of sp³-hybridized carbons (Fsp3) is 0.0526. The third-order valence-electron chi connectivity index (χ3n) is 4.60. The van der Waals surface area contributed by atoms with Gasteiger partial charge in [-0.2, -0.15) is 0 Å². The van der Waals surface area contributed by atoms with Crippen LogP contribution >= 0.6 is 0 Å². The molecule has 0 spiro atoms. The Morgan fingerprint density at radius 3 is 2.70 bits per heavy atom. The molecule has 3 nitrogen and oxygen atoms in total. The van der Waals surface area contributed by atoms with Crippen molar-refractivity contribution in [1.29, 1.82) is 0 Å². The van der Waals surface area contributed by atoms with E-state index in [9.17, 15) is 9.18 Å². The number of pyridine rings is 2. The molecule has 0 radical (unpaired) electrons. The molecule has 0 saturated carbocycles. The van der Waals surface area contributed by atoms with Crippen LogP contribution in [0, 0.1) is 12.7 Å². The van der Waals surface area contributed by atoms with Gasteiger partial charge in [-0.1, -0.05) is 24.3 Å². The maximum absolute atomic E-state index is 14.4. The molecule has 110 valence electrons. The number of halogens is 1. The van der Waals surface area contributed by atoms with Gasteiger partial charge in [-0.25, -0.2) is 4.39 Å². The zero-order chi connectivity index (χ0) is 15.7. The first-order valence-electron chi connectivity index (χ1n) is 7.41. The monoisotopic (exact) mass is 302 g/mol. The topological polar surface area (TPSA) is 34.4 Å². The summed E-state index contributed by atoms with van der Waals surface area (Å²) in [6.45, 7) is 1.88. The van der Waals surface area contributed by atoms with Crippen LogP contribution < -0.4 is 5.56 Å². The molecule has 3 aromatic heterocycles. The van der Waals surface area contributed by atoms with E-state index in [0.29, 0.717) is 10.9 Å². The molecule has 0 aliphatic carbocycles. The molecular weight excluding hydrogens is 291 g/mol. The van der Waals surface area contributed by atoms with Crippen LogP contribution in [-0.2, 0) is 0 Å². The number of aryl methyl sites for hydroxylation is 1. The van der Waals surface area contributed by atoms with Crippen LogP contribution in [-0.4, -0.2) is 9.38 Å². The molecule has 0 aliphatic rings. The van der Waals surface area contributed by atoms with Gasteiger partial charge in [0.2, 0.25) is 0 Å². The first-order chi connectivity index (χ1) is 11.2. The number of hydrogen-bond donors (Lipinski definition) is 0. The molecule has 0 N–H and O–H groups in total.